The molecule has 0 saturated carbocycles. The minimum Gasteiger partial charge on any atom is -0.368 e. The van der Waals surface area contributed by atoms with Gasteiger partial charge in [-0.3, -0.25) is 4.79 Å². The average molecular weight is 344 g/mol. The predicted octanol–water partition coefficient (Wildman–Crippen LogP) is 2.73. The highest BCUT2D eigenvalue weighted by Crippen LogP contribution is 2.24. The number of carbonyl (C=O) groups excluding carboxylic acids is 1. The number of rotatable bonds is 5. The van der Waals surface area contributed by atoms with Gasteiger partial charge in [0.1, 0.15) is 0 Å². The third-order valence-electron chi connectivity index (χ3n) is 4.36. The van der Waals surface area contributed by atoms with Crippen LogP contribution in [0.3, 0.4) is 0 Å². The first-order chi connectivity index (χ1) is 11.7. The van der Waals surface area contributed by atoms with Gasteiger partial charge in [0.15, 0.2) is 5.16 Å². The SMILES string of the molecule is CCn1ccnc1SC(C)C(=O)N1CCN(c2ccccc2)CC1. The highest BCUT2D eigenvalue weighted by molar-refractivity contribution is 8.00. The Morgan fingerprint density at radius 1 is 1.21 bits per heavy atom. The number of imidazole rings is 1. The van der Waals surface area contributed by atoms with E-state index >= 15 is 0 Å². The third-order valence-corrected chi connectivity index (χ3v) is 5.47. The number of nitrogens with zero attached hydrogens (tertiary/aromatic N) is 4. The zero-order valence-electron chi connectivity index (χ0n) is 14.3. The fraction of sp³-hybridized carbons (Fsp3) is 0.444. The fourth-order valence-corrected chi connectivity index (χ4v) is 3.96. The zero-order valence-corrected chi connectivity index (χ0v) is 15.1. The van der Waals surface area contributed by atoms with Crippen molar-refractivity contribution in [2.75, 3.05) is 31.1 Å². The summed E-state index contributed by atoms with van der Waals surface area (Å²) in [5.41, 5.74) is 1.23. The standard InChI is InChI=1S/C18H24N4OS/c1-3-20-10-9-19-18(20)24-15(2)17(23)22-13-11-21(12-14-22)16-7-5-4-6-8-16/h4-10,15H,3,11-14H2,1-2H3. The maximum Gasteiger partial charge on any atom is 0.236 e. The van der Waals surface area contributed by atoms with Crippen LogP contribution in [-0.2, 0) is 11.3 Å². The van der Waals surface area contributed by atoms with Gasteiger partial charge in [-0.05, 0) is 26.0 Å². The summed E-state index contributed by atoms with van der Waals surface area (Å²) in [6.45, 7) is 8.26. The first-order valence-corrected chi connectivity index (χ1v) is 9.33. The van der Waals surface area contributed by atoms with Crippen LogP contribution in [0.15, 0.2) is 47.9 Å². The summed E-state index contributed by atoms with van der Waals surface area (Å²) in [5, 5.41) is 0.808. The Labute approximate surface area is 147 Å². The van der Waals surface area contributed by atoms with Crippen LogP contribution in [0.25, 0.3) is 0 Å². The molecule has 1 unspecified atom stereocenters. The van der Waals surface area contributed by atoms with Crippen LogP contribution in [0.5, 0.6) is 0 Å². The van der Waals surface area contributed by atoms with Crippen molar-refractivity contribution in [3.63, 3.8) is 0 Å². The molecule has 1 amide bonds. The van der Waals surface area contributed by atoms with E-state index in [1.165, 1.54) is 5.69 Å². The molecule has 1 saturated heterocycles. The minimum atomic E-state index is -0.110. The first-order valence-electron chi connectivity index (χ1n) is 8.45. The monoisotopic (exact) mass is 344 g/mol. The Kier molecular flexibility index (Phi) is 5.45. The highest BCUT2D eigenvalue weighted by Gasteiger charge is 2.26. The molecule has 2 heterocycles. The molecule has 0 aliphatic carbocycles. The summed E-state index contributed by atoms with van der Waals surface area (Å²) in [6.07, 6.45) is 3.75. The normalized spacial score (nSPS) is 16.2. The largest absolute Gasteiger partial charge is 0.368 e. The second-order valence-corrected chi connectivity index (χ2v) is 7.21. The molecule has 2 aromatic rings. The Morgan fingerprint density at radius 2 is 1.92 bits per heavy atom. The zero-order chi connectivity index (χ0) is 16.9. The molecule has 3 rings (SSSR count). The van der Waals surface area contributed by atoms with Gasteiger partial charge in [-0.1, -0.05) is 30.0 Å². The van der Waals surface area contributed by atoms with E-state index in [-0.39, 0.29) is 11.2 Å². The molecule has 0 N–H and O–H groups in total. The van der Waals surface area contributed by atoms with E-state index in [2.05, 4.69) is 45.6 Å². The van der Waals surface area contributed by atoms with Gasteiger partial charge in [0, 0.05) is 50.8 Å². The molecule has 24 heavy (non-hydrogen) atoms. The van der Waals surface area contributed by atoms with E-state index < -0.39 is 0 Å². The summed E-state index contributed by atoms with van der Waals surface area (Å²) in [6, 6.07) is 10.4. The summed E-state index contributed by atoms with van der Waals surface area (Å²) < 4.78 is 2.07. The number of aromatic nitrogens is 2. The van der Waals surface area contributed by atoms with Gasteiger partial charge < -0.3 is 14.4 Å². The molecule has 0 radical (unpaired) electrons. The molecular weight excluding hydrogens is 320 g/mol. The number of hydrogen-bond acceptors (Lipinski definition) is 4. The average Bonchev–Trinajstić information content (AvgIpc) is 3.09. The number of anilines is 1. The van der Waals surface area contributed by atoms with E-state index in [9.17, 15) is 4.79 Å². The number of para-hydroxylation sites is 1. The highest BCUT2D eigenvalue weighted by atomic mass is 32.2. The summed E-state index contributed by atoms with van der Waals surface area (Å²) >= 11 is 1.55. The van der Waals surface area contributed by atoms with Crippen LogP contribution in [0.2, 0.25) is 0 Å². The molecule has 1 aromatic heterocycles. The molecule has 0 spiro atoms. The van der Waals surface area contributed by atoms with Crippen molar-refractivity contribution in [1.82, 2.24) is 14.5 Å². The van der Waals surface area contributed by atoms with Crippen molar-refractivity contribution in [1.29, 1.82) is 0 Å². The second kappa shape index (κ2) is 7.75. The molecule has 128 valence electrons. The van der Waals surface area contributed by atoms with Gasteiger partial charge in [-0.2, -0.15) is 0 Å². The summed E-state index contributed by atoms with van der Waals surface area (Å²) in [7, 11) is 0. The van der Waals surface area contributed by atoms with Gasteiger partial charge in [0.05, 0.1) is 5.25 Å². The second-order valence-electron chi connectivity index (χ2n) is 5.90. The van der Waals surface area contributed by atoms with Crippen molar-refractivity contribution in [3.05, 3.63) is 42.7 Å². The topological polar surface area (TPSA) is 41.4 Å². The lowest BCUT2D eigenvalue weighted by Gasteiger charge is -2.37. The van der Waals surface area contributed by atoms with Crippen molar-refractivity contribution >= 4 is 23.4 Å². The van der Waals surface area contributed by atoms with Gasteiger partial charge in [-0.25, -0.2) is 4.98 Å². The maximum absolute atomic E-state index is 12.7. The Balaban J connectivity index is 1.55. The Hall–Kier alpha value is -1.95. The molecule has 0 bridgehead atoms. The quantitative estimate of drug-likeness (QED) is 0.782. The van der Waals surface area contributed by atoms with Gasteiger partial charge in [-0.15, -0.1) is 0 Å². The van der Waals surface area contributed by atoms with E-state index in [1.807, 2.05) is 24.1 Å². The number of benzene rings is 1. The molecule has 1 aliphatic heterocycles. The first kappa shape index (κ1) is 16.9. The molecule has 1 fully saturated rings. The van der Waals surface area contributed by atoms with Gasteiger partial charge >= 0.3 is 0 Å². The van der Waals surface area contributed by atoms with Gasteiger partial charge in [0.25, 0.3) is 0 Å². The lowest BCUT2D eigenvalue weighted by Crippen LogP contribution is -2.50. The number of thioether (sulfide) groups is 1. The van der Waals surface area contributed by atoms with Crippen molar-refractivity contribution < 1.29 is 4.79 Å². The number of hydrogen-bond donors (Lipinski definition) is 0. The van der Waals surface area contributed by atoms with E-state index in [4.69, 9.17) is 0 Å². The van der Waals surface area contributed by atoms with Crippen molar-refractivity contribution in [3.8, 4) is 0 Å². The van der Waals surface area contributed by atoms with Crippen LogP contribution in [-0.4, -0.2) is 51.8 Å². The lowest BCUT2D eigenvalue weighted by atomic mass is 10.2. The maximum atomic E-state index is 12.7. The summed E-state index contributed by atoms with van der Waals surface area (Å²) in [4.78, 5) is 21.4. The molecule has 5 nitrogen and oxygen atoms in total. The van der Waals surface area contributed by atoms with Gasteiger partial charge in [0.2, 0.25) is 5.91 Å². The fourth-order valence-electron chi connectivity index (χ4n) is 2.94. The number of amides is 1. The third kappa shape index (κ3) is 3.75. The summed E-state index contributed by atoms with van der Waals surface area (Å²) in [5.74, 6) is 0.207. The Morgan fingerprint density at radius 3 is 2.58 bits per heavy atom. The molecule has 1 aromatic carbocycles. The molecular formula is C18H24N4OS. The molecule has 1 atom stereocenters. The van der Waals surface area contributed by atoms with Crippen LogP contribution in [0.4, 0.5) is 5.69 Å². The number of carbonyl (C=O) groups is 1. The molecule has 6 heteroatoms. The van der Waals surface area contributed by atoms with Crippen molar-refractivity contribution in [2.24, 2.45) is 0 Å². The smallest absolute Gasteiger partial charge is 0.236 e. The van der Waals surface area contributed by atoms with Crippen LogP contribution < -0.4 is 4.90 Å². The van der Waals surface area contributed by atoms with Crippen molar-refractivity contribution in [2.45, 2.75) is 30.8 Å². The van der Waals surface area contributed by atoms with Crippen LogP contribution in [0.1, 0.15) is 13.8 Å². The van der Waals surface area contributed by atoms with Crippen LogP contribution >= 0.6 is 11.8 Å². The van der Waals surface area contributed by atoms with Crippen LogP contribution in [0, 0.1) is 0 Å². The minimum absolute atomic E-state index is 0.110. The van der Waals surface area contributed by atoms with E-state index in [0.29, 0.717) is 0 Å². The number of aryl methyl sites for hydroxylation is 1. The number of piperazine rings is 1. The predicted molar refractivity (Wildman–Crippen MR) is 98.5 cm³/mol. The van der Waals surface area contributed by atoms with E-state index in [0.717, 1.165) is 37.9 Å². The van der Waals surface area contributed by atoms with E-state index in [1.54, 1.807) is 18.0 Å². The molecule has 1 aliphatic rings. The Bertz CT molecular complexity index is 665. The lowest BCUT2D eigenvalue weighted by molar-refractivity contribution is -0.130.